The van der Waals surface area contributed by atoms with Crippen molar-refractivity contribution in [1.82, 2.24) is 9.88 Å². The van der Waals surface area contributed by atoms with Crippen LogP contribution in [0.4, 0.5) is 5.69 Å². The lowest BCUT2D eigenvalue weighted by Crippen LogP contribution is -2.36. The molecule has 1 heterocycles. The number of hydrogen-bond acceptors (Lipinski definition) is 2. The van der Waals surface area contributed by atoms with Crippen LogP contribution in [0, 0.1) is 6.92 Å². The van der Waals surface area contributed by atoms with Crippen LogP contribution in [0.2, 0.25) is 0 Å². The van der Waals surface area contributed by atoms with Crippen molar-refractivity contribution in [2.75, 3.05) is 5.32 Å². The molecule has 4 heteroatoms. The molecule has 1 aromatic carbocycles. The minimum atomic E-state index is 0.552. The van der Waals surface area contributed by atoms with Gasteiger partial charge in [0, 0.05) is 17.9 Å². The molecule has 1 N–H and O–H groups in total. The molecular weight excluding hydrogens is 278 g/mol. The maximum absolute atomic E-state index is 5.62. The van der Waals surface area contributed by atoms with Gasteiger partial charge in [0.05, 0.1) is 12.2 Å². The second-order valence-electron chi connectivity index (χ2n) is 5.43. The molecule has 1 aliphatic rings. The molecular formula is C17H19N3S. The maximum Gasteiger partial charge on any atom is 0.174 e. The average molecular weight is 297 g/mol. The molecule has 0 unspecified atom stereocenters. The zero-order chi connectivity index (χ0) is 14.7. The lowest BCUT2D eigenvalue weighted by atomic mass is 10.2. The highest BCUT2D eigenvalue weighted by atomic mass is 32.1. The van der Waals surface area contributed by atoms with Crippen molar-refractivity contribution in [3.63, 3.8) is 0 Å². The van der Waals surface area contributed by atoms with Gasteiger partial charge in [-0.25, -0.2) is 0 Å². The van der Waals surface area contributed by atoms with E-state index in [1.54, 1.807) is 0 Å². The van der Waals surface area contributed by atoms with Gasteiger partial charge in [0.1, 0.15) is 0 Å². The summed E-state index contributed by atoms with van der Waals surface area (Å²) in [6.45, 7) is 2.86. The number of thiocarbonyl (C=S) groups is 1. The number of benzene rings is 1. The molecule has 0 spiro atoms. The Morgan fingerprint density at radius 2 is 2.00 bits per heavy atom. The Bertz CT molecular complexity index is 623. The molecule has 0 radical (unpaired) electrons. The Morgan fingerprint density at radius 1 is 1.24 bits per heavy atom. The van der Waals surface area contributed by atoms with Crippen molar-refractivity contribution in [3.8, 4) is 0 Å². The summed E-state index contributed by atoms with van der Waals surface area (Å²) in [7, 11) is 0. The number of rotatable bonds is 4. The second kappa shape index (κ2) is 6.22. The van der Waals surface area contributed by atoms with Gasteiger partial charge in [-0.15, -0.1) is 0 Å². The first-order valence-electron chi connectivity index (χ1n) is 7.27. The van der Waals surface area contributed by atoms with Crippen LogP contribution >= 0.6 is 12.2 Å². The summed E-state index contributed by atoms with van der Waals surface area (Å²) in [5, 5.41) is 4.17. The Labute approximate surface area is 131 Å². The maximum atomic E-state index is 5.62. The van der Waals surface area contributed by atoms with E-state index in [-0.39, 0.29) is 0 Å². The van der Waals surface area contributed by atoms with Gasteiger partial charge in [-0.1, -0.05) is 24.3 Å². The summed E-state index contributed by atoms with van der Waals surface area (Å²) in [5.74, 6) is 0. The molecule has 1 fully saturated rings. The lowest BCUT2D eigenvalue weighted by Gasteiger charge is -2.26. The summed E-state index contributed by atoms with van der Waals surface area (Å²) in [4.78, 5) is 6.66. The summed E-state index contributed by atoms with van der Waals surface area (Å²) in [6.07, 6.45) is 4.25. The monoisotopic (exact) mass is 297 g/mol. The fourth-order valence-corrected chi connectivity index (χ4v) is 2.64. The fourth-order valence-electron chi connectivity index (χ4n) is 2.32. The number of aryl methyl sites for hydroxylation is 1. The molecule has 0 atom stereocenters. The highest BCUT2D eigenvalue weighted by Crippen LogP contribution is 2.29. The molecule has 0 saturated heterocycles. The molecule has 0 aliphatic heterocycles. The van der Waals surface area contributed by atoms with Crippen LogP contribution in [0.1, 0.15) is 24.1 Å². The molecule has 0 amide bonds. The van der Waals surface area contributed by atoms with E-state index in [4.69, 9.17) is 12.2 Å². The summed E-state index contributed by atoms with van der Waals surface area (Å²) >= 11 is 5.62. The van der Waals surface area contributed by atoms with Gasteiger partial charge < -0.3 is 10.2 Å². The standard InChI is InChI=1S/C17H19N3S/c1-13-6-2-3-8-16(13)19-17(21)20(15-9-10-15)12-14-7-4-5-11-18-14/h2-8,11,15H,9-10,12H2,1H3,(H,19,21). The van der Waals surface area contributed by atoms with E-state index in [0.29, 0.717) is 6.04 Å². The minimum absolute atomic E-state index is 0.552. The minimum Gasteiger partial charge on any atom is -0.340 e. The molecule has 1 aliphatic carbocycles. The number of pyridine rings is 1. The van der Waals surface area contributed by atoms with Crippen LogP contribution < -0.4 is 5.32 Å². The van der Waals surface area contributed by atoms with Crippen molar-refractivity contribution in [2.24, 2.45) is 0 Å². The molecule has 3 nitrogen and oxygen atoms in total. The predicted octanol–water partition coefficient (Wildman–Crippen LogP) is 3.75. The smallest absolute Gasteiger partial charge is 0.174 e. The third-order valence-electron chi connectivity index (χ3n) is 3.69. The van der Waals surface area contributed by atoms with Crippen molar-refractivity contribution < 1.29 is 0 Å². The zero-order valence-corrected chi connectivity index (χ0v) is 12.9. The first kappa shape index (κ1) is 14.0. The van der Waals surface area contributed by atoms with E-state index >= 15 is 0 Å². The molecule has 0 bridgehead atoms. The van der Waals surface area contributed by atoms with Crippen LogP contribution in [-0.4, -0.2) is 21.0 Å². The van der Waals surface area contributed by atoms with Crippen LogP contribution in [0.5, 0.6) is 0 Å². The van der Waals surface area contributed by atoms with E-state index in [1.165, 1.54) is 18.4 Å². The van der Waals surface area contributed by atoms with Crippen LogP contribution in [0.15, 0.2) is 48.7 Å². The van der Waals surface area contributed by atoms with Crippen LogP contribution in [-0.2, 0) is 6.54 Å². The van der Waals surface area contributed by atoms with Gasteiger partial charge in [0.15, 0.2) is 5.11 Å². The summed E-state index contributed by atoms with van der Waals surface area (Å²) in [6, 6.07) is 14.8. The van der Waals surface area contributed by atoms with Crippen LogP contribution in [0.25, 0.3) is 0 Å². The summed E-state index contributed by atoms with van der Waals surface area (Å²) < 4.78 is 0. The van der Waals surface area contributed by atoms with Crippen molar-refractivity contribution in [1.29, 1.82) is 0 Å². The quantitative estimate of drug-likeness (QED) is 0.870. The van der Waals surface area contributed by atoms with Gasteiger partial charge in [-0.05, 0) is 55.7 Å². The number of anilines is 1. The Balaban J connectivity index is 1.72. The first-order chi connectivity index (χ1) is 10.2. The zero-order valence-electron chi connectivity index (χ0n) is 12.1. The normalized spacial score (nSPS) is 13.8. The average Bonchev–Trinajstić information content (AvgIpc) is 3.33. The predicted molar refractivity (Wildman–Crippen MR) is 90.2 cm³/mol. The number of nitrogens with zero attached hydrogens (tertiary/aromatic N) is 2. The first-order valence-corrected chi connectivity index (χ1v) is 7.68. The highest BCUT2D eigenvalue weighted by Gasteiger charge is 2.31. The van der Waals surface area contributed by atoms with Gasteiger partial charge in [-0.2, -0.15) is 0 Å². The third kappa shape index (κ3) is 3.58. The van der Waals surface area contributed by atoms with E-state index in [9.17, 15) is 0 Å². The van der Waals surface area contributed by atoms with E-state index in [0.717, 1.165) is 23.0 Å². The van der Waals surface area contributed by atoms with E-state index in [1.807, 2.05) is 36.5 Å². The third-order valence-corrected chi connectivity index (χ3v) is 4.03. The molecule has 1 saturated carbocycles. The van der Waals surface area contributed by atoms with Crippen LogP contribution in [0.3, 0.4) is 0 Å². The van der Waals surface area contributed by atoms with Gasteiger partial charge in [0.25, 0.3) is 0 Å². The molecule has 3 rings (SSSR count). The van der Waals surface area contributed by atoms with Gasteiger partial charge in [0.2, 0.25) is 0 Å². The largest absolute Gasteiger partial charge is 0.340 e. The van der Waals surface area contributed by atoms with Gasteiger partial charge >= 0.3 is 0 Å². The van der Waals surface area contributed by atoms with Crippen molar-refractivity contribution in [3.05, 3.63) is 59.9 Å². The lowest BCUT2D eigenvalue weighted by molar-refractivity contribution is 0.404. The SMILES string of the molecule is Cc1ccccc1NC(=S)N(Cc1ccccn1)C1CC1. The number of para-hydroxylation sites is 1. The molecule has 108 valence electrons. The highest BCUT2D eigenvalue weighted by molar-refractivity contribution is 7.80. The van der Waals surface area contributed by atoms with Crippen molar-refractivity contribution in [2.45, 2.75) is 32.4 Å². The summed E-state index contributed by atoms with van der Waals surface area (Å²) in [5.41, 5.74) is 3.33. The second-order valence-corrected chi connectivity index (χ2v) is 5.81. The number of nitrogens with one attached hydrogen (secondary N) is 1. The fraction of sp³-hybridized carbons (Fsp3) is 0.294. The molecule has 21 heavy (non-hydrogen) atoms. The van der Waals surface area contributed by atoms with E-state index in [2.05, 4.69) is 34.3 Å². The van der Waals surface area contributed by atoms with Gasteiger partial charge in [-0.3, -0.25) is 4.98 Å². The molecule has 2 aromatic rings. The topological polar surface area (TPSA) is 28.2 Å². The van der Waals surface area contributed by atoms with Crippen molar-refractivity contribution >= 4 is 23.0 Å². The molecule has 1 aromatic heterocycles. The Morgan fingerprint density at radius 3 is 2.67 bits per heavy atom. The number of aromatic nitrogens is 1. The Hall–Kier alpha value is -1.94. The van der Waals surface area contributed by atoms with E-state index < -0.39 is 0 Å². The number of hydrogen-bond donors (Lipinski definition) is 1. The Kier molecular flexibility index (Phi) is 4.15.